The zero-order valence-corrected chi connectivity index (χ0v) is 18.4. The van der Waals surface area contributed by atoms with Gasteiger partial charge in [0.05, 0.1) is 19.3 Å². The highest BCUT2D eigenvalue weighted by molar-refractivity contribution is 6.06. The lowest BCUT2D eigenvalue weighted by molar-refractivity contribution is -0.123. The van der Waals surface area contributed by atoms with Crippen molar-refractivity contribution in [2.75, 3.05) is 43.2 Å². The van der Waals surface area contributed by atoms with Gasteiger partial charge in [-0.15, -0.1) is 0 Å². The number of rotatable bonds is 6. The molecule has 0 N–H and O–H groups in total. The molecule has 2 aliphatic rings. The number of methoxy groups -OCH3 is 1. The van der Waals surface area contributed by atoms with E-state index in [1.54, 1.807) is 18.2 Å². The second-order valence-electron chi connectivity index (χ2n) is 8.41. The summed E-state index contributed by atoms with van der Waals surface area (Å²) in [6, 6.07) is 17.4. The second-order valence-corrected chi connectivity index (χ2v) is 8.41. The van der Waals surface area contributed by atoms with Gasteiger partial charge in [0.15, 0.2) is 0 Å². The highest BCUT2D eigenvalue weighted by Gasteiger charge is 2.54. The van der Waals surface area contributed by atoms with E-state index in [4.69, 9.17) is 4.74 Å². The molecule has 2 aliphatic heterocycles. The lowest BCUT2D eigenvalue weighted by Gasteiger charge is -2.43. The third-order valence-corrected chi connectivity index (χ3v) is 6.60. The summed E-state index contributed by atoms with van der Waals surface area (Å²) in [5, 5.41) is 0. The van der Waals surface area contributed by atoms with Crippen LogP contribution >= 0.6 is 0 Å². The number of carbonyl (C=O) groups is 2. The molecule has 6 nitrogen and oxygen atoms in total. The van der Waals surface area contributed by atoms with E-state index in [-0.39, 0.29) is 5.91 Å². The fourth-order valence-electron chi connectivity index (χ4n) is 4.77. The van der Waals surface area contributed by atoms with Crippen molar-refractivity contribution in [2.45, 2.75) is 38.1 Å². The summed E-state index contributed by atoms with van der Waals surface area (Å²) in [7, 11) is 1.37. The molecule has 2 fully saturated rings. The van der Waals surface area contributed by atoms with Gasteiger partial charge in [-0.2, -0.15) is 0 Å². The Bertz CT molecular complexity index is 923. The second kappa shape index (κ2) is 9.10. The highest BCUT2D eigenvalue weighted by Crippen LogP contribution is 2.41. The van der Waals surface area contributed by atoms with Gasteiger partial charge in [0.1, 0.15) is 5.54 Å². The number of hydrogen-bond acceptors (Lipinski definition) is 5. The number of piperidine rings is 1. The van der Waals surface area contributed by atoms with E-state index in [1.807, 2.05) is 29.2 Å². The standard InChI is InChI=1S/C25H31N3O3/c1-3-4-15-26-16-13-25(14-17-26)24(30)27(19-28(25)21-10-6-5-7-11-21)22-12-8-9-20(18-22)23(29)31-2/h5-12,18H,3-4,13-17,19H2,1-2H3. The highest BCUT2D eigenvalue weighted by atomic mass is 16.5. The number of carbonyl (C=O) groups excluding carboxylic acids is 2. The van der Waals surface area contributed by atoms with E-state index in [9.17, 15) is 9.59 Å². The molecule has 0 saturated carbocycles. The molecule has 0 bridgehead atoms. The van der Waals surface area contributed by atoms with Crippen molar-refractivity contribution in [2.24, 2.45) is 0 Å². The molecule has 164 valence electrons. The molecule has 0 radical (unpaired) electrons. The van der Waals surface area contributed by atoms with Crippen LogP contribution in [0, 0.1) is 0 Å². The number of para-hydroxylation sites is 1. The van der Waals surface area contributed by atoms with Crippen molar-refractivity contribution in [3.8, 4) is 0 Å². The van der Waals surface area contributed by atoms with Crippen LogP contribution in [0.4, 0.5) is 11.4 Å². The van der Waals surface area contributed by atoms with Gasteiger partial charge in [-0.3, -0.25) is 9.69 Å². The summed E-state index contributed by atoms with van der Waals surface area (Å²) in [5.41, 5.74) is 1.70. The van der Waals surface area contributed by atoms with Gasteiger partial charge in [-0.05, 0) is 56.1 Å². The molecule has 4 rings (SSSR count). The molecule has 1 amide bonds. The van der Waals surface area contributed by atoms with Crippen LogP contribution in [-0.2, 0) is 9.53 Å². The lowest BCUT2D eigenvalue weighted by atomic mass is 9.85. The van der Waals surface area contributed by atoms with Crippen molar-refractivity contribution >= 4 is 23.3 Å². The van der Waals surface area contributed by atoms with E-state index in [0.29, 0.717) is 12.2 Å². The Labute approximate surface area is 184 Å². The Kier molecular flexibility index (Phi) is 6.28. The molecule has 2 aromatic carbocycles. The molecule has 0 atom stereocenters. The minimum Gasteiger partial charge on any atom is -0.465 e. The summed E-state index contributed by atoms with van der Waals surface area (Å²) >= 11 is 0. The monoisotopic (exact) mass is 421 g/mol. The zero-order chi connectivity index (χ0) is 21.8. The van der Waals surface area contributed by atoms with E-state index in [1.165, 1.54) is 20.0 Å². The van der Waals surface area contributed by atoms with E-state index < -0.39 is 11.5 Å². The molecule has 2 heterocycles. The SMILES string of the molecule is CCCCN1CCC2(CC1)C(=O)N(c1cccc(C(=O)OC)c1)CN2c1ccccc1. The largest absolute Gasteiger partial charge is 0.465 e. The minimum absolute atomic E-state index is 0.119. The van der Waals surface area contributed by atoms with Gasteiger partial charge in [0.2, 0.25) is 0 Å². The number of esters is 1. The van der Waals surface area contributed by atoms with Crippen molar-refractivity contribution in [3.05, 3.63) is 60.2 Å². The molecule has 31 heavy (non-hydrogen) atoms. The summed E-state index contributed by atoms with van der Waals surface area (Å²) in [5.74, 6) is -0.277. The third kappa shape index (κ3) is 4.04. The van der Waals surface area contributed by atoms with Gasteiger partial charge >= 0.3 is 5.97 Å². The Hall–Kier alpha value is -2.86. The van der Waals surface area contributed by atoms with Crippen molar-refractivity contribution in [1.82, 2.24) is 4.90 Å². The predicted octanol–water partition coefficient (Wildman–Crippen LogP) is 3.92. The van der Waals surface area contributed by atoms with Crippen LogP contribution in [0.2, 0.25) is 0 Å². The topological polar surface area (TPSA) is 53.1 Å². The van der Waals surface area contributed by atoms with Crippen LogP contribution in [0.15, 0.2) is 54.6 Å². The molecule has 2 aromatic rings. The first-order chi connectivity index (χ1) is 15.1. The fourth-order valence-corrected chi connectivity index (χ4v) is 4.77. The molecular weight excluding hydrogens is 390 g/mol. The third-order valence-electron chi connectivity index (χ3n) is 6.60. The number of likely N-dealkylation sites (tertiary alicyclic amines) is 1. The summed E-state index contributed by atoms with van der Waals surface area (Å²) < 4.78 is 4.87. The number of ether oxygens (including phenoxy) is 1. The zero-order valence-electron chi connectivity index (χ0n) is 18.4. The molecular formula is C25H31N3O3. The van der Waals surface area contributed by atoms with Gasteiger partial charge in [0.25, 0.3) is 5.91 Å². The number of anilines is 2. The van der Waals surface area contributed by atoms with Crippen molar-refractivity contribution in [3.63, 3.8) is 0 Å². The van der Waals surface area contributed by atoms with Crippen LogP contribution in [0.1, 0.15) is 43.0 Å². The summed E-state index contributed by atoms with van der Waals surface area (Å²) in [6.07, 6.45) is 3.98. The first-order valence-electron chi connectivity index (χ1n) is 11.1. The van der Waals surface area contributed by atoms with Crippen LogP contribution in [0.5, 0.6) is 0 Å². The first-order valence-corrected chi connectivity index (χ1v) is 11.1. The molecule has 6 heteroatoms. The molecule has 0 aliphatic carbocycles. The van der Waals surface area contributed by atoms with Gasteiger partial charge < -0.3 is 14.5 Å². The number of nitrogens with zero attached hydrogens (tertiary/aromatic N) is 3. The first kappa shape index (κ1) is 21.4. The van der Waals surface area contributed by atoms with E-state index in [2.05, 4.69) is 28.9 Å². The number of unbranched alkanes of at least 4 members (excludes halogenated alkanes) is 1. The molecule has 0 aromatic heterocycles. The molecule has 1 spiro atoms. The van der Waals surface area contributed by atoms with Gasteiger partial charge in [0, 0.05) is 24.5 Å². The van der Waals surface area contributed by atoms with Crippen LogP contribution < -0.4 is 9.80 Å². The fraction of sp³-hybridized carbons (Fsp3) is 0.440. The quantitative estimate of drug-likeness (QED) is 0.662. The Morgan fingerprint density at radius 2 is 1.74 bits per heavy atom. The number of hydrogen-bond donors (Lipinski definition) is 0. The normalized spacial score (nSPS) is 18.6. The van der Waals surface area contributed by atoms with E-state index in [0.717, 1.165) is 43.9 Å². The Balaban J connectivity index is 1.65. The maximum Gasteiger partial charge on any atom is 0.337 e. The number of amides is 1. The van der Waals surface area contributed by atoms with E-state index >= 15 is 0 Å². The maximum absolute atomic E-state index is 13.9. The Morgan fingerprint density at radius 1 is 1.03 bits per heavy atom. The van der Waals surface area contributed by atoms with Crippen molar-refractivity contribution in [1.29, 1.82) is 0 Å². The van der Waals surface area contributed by atoms with Crippen molar-refractivity contribution < 1.29 is 14.3 Å². The molecule has 0 unspecified atom stereocenters. The summed E-state index contributed by atoms with van der Waals surface area (Å²) in [6.45, 7) is 5.62. The average Bonchev–Trinajstić information content (AvgIpc) is 3.10. The van der Waals surface area contributed by atoms with Gasteiger partial charge in [-0.1, -0.05) is 37.6 Å². The lowest BCUT2D eigenvalue weighted by Crippen LogP contribution is -2.56. The van der Waals surface area contributed by atoms with Crippen LogP contribution in [0.3, 0.4) is 0 Å². The van der Waals surface area contributed by atoms with Gasteiger partial charge in [-0.25, -0.2) is 4.79 Å². The Morgan fingerprint density at radius 3 is 2.42 bits per heavy atom. The van der Waals surface area contributed by atoms with Crippen LogP contribution in [-0.4, -0.2) is 55.7 Å². The predicted molar refractivity (Wildman–Crippen MR) is 122 cm³/mol. The summed E-state index contributed by atoms with van der Waals surface area (Å²) in [4.78, 5) is 32.5. The van der Waals surface area contributed by atoms with Crippen LogP contribution in [0.25, 0.3) is 0 Å². The number of benzene rings is 2. The molecule has 2 saturated heterocycles. The smallest absolute Gasteiger partial charge is 0.337 e. The minimum atomic E-state index is -0.550. The maximum atomic E-state index is 13.9. The average molecular weight is 422 g/mol.